The third-order valence-electron chi connectivity index (χ3n) is 2.46. The van der Waals surface area contributed by atoms with Gasteiger partial charge in [0.1, 0.15) is 5.82 Å². The summed E-state index contributed by atoms with van der Waals surface area (Å²) in [6.45, 7) is 4.69. The molecule has 1 N–H and O–H groups in total. The van der Waals surface area contributed by atoms with E-state index in [2.05, 4.69) is 24.1 Å². The van der Waals surface area contributed by atoms with Crippen molar-refractivity contribution in [2.45, 2.75) is 32.7 Å². The Bertz CT molecular complexity index is 420. The Morgan fingerprint density at radius 2 is 2.24 bits per heavy atom. The van der Waals surface area contributed by atoms with Crippen LogP contribution in [0.4, 0.5) is 4.39 Å². The highest BCUT2D eigenvalue weighted by Crippen LogP contribution is 2.23. The number of hydrogen-bond donors (Lipinski definition) is 1. The van der Waals surface area contributed by atoms with Crippen molar-refractivity contribution in [3.05, 3.63) is 34.6 Å². The van der Waals surface area contributed by atoms with Crippen LogP contribution >= 0.6 is 11.6 Å². The standard InChI is InChI=1S/C14H17ClFN/c1-3-5-6-14(17-9-4-2)12-10-11(15)7-8-13(12)16/h7-8,10,14,17H,4,6,9H2,1-2H3. The van der Waals surface area contributed by atoms with E-state index in [1.807, 2.05) is 0 Å². The average molecular weight is 254 g/mol. The molecule has 0 radical (unpaired) electrons. The van der Waals surface area contributed by atoms with Gasteiger partial charge >= 0.3 is 0 Å². The fourth-order valence-corrected chi connectivity index (χ4v) is 1.78. The van der Waals surface area contributed by atoms with E-state index < -0.39 is 0 Å². The van der Waals surface area contributed by atoms with E-state index in [4.69, 9.17) is 11.6 Å². The minimum absolute atomic E-state index is 0.0962. The highest BCUT2D eigenvalue weighted by Gasteiger charge is 2.14. The normalized spacial score (nSPS) is 11.8. The molecule has 0 heterocycles. The second kappa shape index (κ2) is 7.32. The van der Waals surface area contributed by atoms with Gasteiger partial charge in [-0.15, -0.1) is 11.8 Å². The molecule has 0 aromatic heterocycles. The third kappa shape index (κ3) is 4.38. The van der Waals surface area contributed by atoms with Gasteiger partial charge in [0.05, 0.1) is 0 Å². The van der Waals surface area contributed by atoms with Crippen LogP contribution in [0.2, 0.25) is 5.02 Å². The summed E-state index contributed by atoms with van der Waals surface area (Å²) >= 11 is 5.90. The van der Waals surface area contributed by atoms with Crippen molar-refractivity contribution in [3.63, 3.8) is 0 Å². The second-order valence-corrected chi connectivity index (χ2v) is 4.24. The first-order valence-electron chi connectivity index (χ1n) is 5.77. The monoisotopic (exact) mass is 253 g/mol. The summed E-state index contributed by atoms with van der Waals surface area (Å²) in [5.41, 5.74) is 0.591. The van der Waals surface area contributed by atoms with Crippen molar-refractivity contribution in [3.8, 4) is 11.8 Å². The molecule has 0 aliphatic rings. The van der Waals surface area contributed by atoms with Gasteiger partial charge in [0.2, 0.25) is 0 Å². The second-order valence-electron chi connectivity index (χ2n) is 3.80. The molecule has 0 aliphatic heterocycles. The van der Waals surface area contributed by atoms with E-state index in [0.29, 0.717) is 17.0 Å². The van der Waals surface area contributed by atoms with Crippen molar-refractivity contribution in [2.24, 2.45) is 0 Å². The van der Waals surface area contributed by atoms with Crippen LogP contribution in [0.3, 0.4) is 0 Å². The molecular formula is C14H17ClFN. The Labute approximate surface area is 107 Å². The molecular weight excluding hydrogens is 237 g/mol. The number of rotatable bonds is 5. The van der Waals surface area contributed by atoms with E-state index >= 15 is 0 Å². The summed E-state index contributed by atoms with van der Waals surface area (Å²) in [5, 5.41) is 3.84. The molecule has 1 atom stereocenters. The van der Waals surface area contributed by atoms with Crippen LogP contribution in [-0.4, -0.2) is 6.54 Å². The van der Waals surface area contributed by atoms with Gasteiger partial charge in [-0.05, 0) is 38.1 Å². The minimum atomic E-state index is -0.235. The van der Waals surface area contributed by atoms with Crippen LogP contribution in [0.1, 0.15) is 38.3 Å². The van der Waals surface area contributed by atoms with Gasteiger partial charge in [-0.2, -0.15) is 0 Å². The van der Waals surface area contributed by atoms with Crippen molar-refractivity contribution < 1.29 is 4.39 Å². The summed E-state index contributed by atoms with van der Waals surface area (Å²) in [5.74, 6) is 5.58. The Kier molecular flexibility index (Phi) is 6.04. The lowest BCUT2D eigenvalue weighted by Gasteiger charge is -2.17. The predicted molar refractivity (Wildman–Crippen MR) is 70.5 cm³/mol. The Morgan fingerprint density at radius 3 is 2.88 bits per heavy atom. The first kappa shape index (κ1) is 14.0. The maximum Gasteiger partial charge on any atom is 0.128 e. The zero-order valence-corrected chi connectivity index (χ0v) is 10.9. The Hall–Kier alpha value is -1.04. The molecule has 1 rings (SSSR count). The smallest absolute Gasteiger partial charge is 0.128 e. The number of nitrogens with one attached hydrogen (secondary N) is 1. The quantitative estimate of drug-likeness (QED) is 0.784. The van der Waals surface area contributed by atoms with Gasteiger partial charge in [-0.1, -0.05) is 18.5 Å². The van der Waals surface area contributed by atoms with Crippen LogP contribution in [0.15, 0.2) is 18.2 Å². The first-order chi connectivity index (χ1) is 8.19. The van der Waals surface area contributed by atoms with Gasteiger partial charge < -0.3 is 5.32 Å². The van der Waals surface area contributed by atoms with Crippen molar-refractivity contribution in [1.82, 2.24) is 5.32 Å². The van der Waals surface area contributed by atoms with Crippen LogP contribution in [-0.2, 0) is 0 Å². The van der Waals surface area contributed by atoms with Crippen molar-refractivity contribution >= 4 is 11.6 Å². The van der Waals surface area contributed by atoms with Gasteiger partial charge in [0, 0.05) is 23.0 Å². The van der Waals surface area contributed by atoms with Crippen LogP contribution in [0.5, 0.6) is 0 Å². The Balaban J connectivity index is 2.92. The fraction of sp³-hybridized carbons (Fsp3) is 0.429. The molecule has 0 amide bonds. The molecule has 0 fully saturated rings. The average Bonchev–Trinajstić information content (AvgIpc) is 2.33. The van der Waals surface area contributed by atoms with E-state index in [-0.39, 0.29) is 11.9 Å². The third-order valence-corrected chi connectivity index (χ3v) is 2.69. The summed E-state index contributed by atoms with van der Waals surface area (Å²) in [7, 11) is 0. The molecule has 92 valence electrons. The molecule has 17 heavy (non-hydrogen) atoms. The van der Waals surface area contributed by atoms with Crippen LogP contribution < -0.4 is 5.32 Å². The SMILES string of the molecule is CC#CCC(NCCC)c1cc(Cl)ccc1F. The number of benzene rings is 1. The van der Waals surface area contributed by atoms with Gasteiger partial charge in [-0.25, -0.2) is 4.39 Å². The molecule has 0 bridgehead atoms. The summed E-state index contributed by atoms with van der Waals surface area (Å²) in [6, 6.07) is 4.53. The molecule has 3 heteroatoms. The summed E-state index contributed by atoms with van der Waals surface area (Å²) in [4.78, 5) is 0. The molecule has 1 unspecified atom stereocenters. The summed E-state index contributed by atoms with van der Waals surface area (Å²) < 4.78 is 13.7. The minimum Gasteiger partial charge on any atom is -0.309 e. The van der Waals surface area contributed by atoms with Gasteiger partial charge in [0.25, 0.3) is 0 Å². The van der Waals surface area contributed by atoms with Gasteiger partial charge in [-0.3, -0.25) is 0 Å². The zero-order valence-electron chi connectivity index (χ0n) is 10.2. The molecule has 0 spiro atoms. The largest absolute Gasteiger partial charge is 0.309 e. The van der Waals surface area contributed by atoms with E-state index in [9.17, 15) is 4.39 Å². The predicted octanol–water partition coefficient (Wildman–Crippen LogP) is 3.93. The lowest BCUT2D eigenvalue weighted by molar-refractivity contribution is 0.507. The van der Waals surface area contributed by atoms with Gasteiger partial charge in [0.15, 0.2) is 0 Å². The Morgan fingerprint density at radius 1 is 1.47 bits per heavy atom. The molecule has 0 saturated carbocycles. The zero-order chi connectivity index (χ0) is 12.7. The topological polar surface area (TPSA) is 12.0 Å². The molecule has 1 aromatic rings. The number of halogens is 2. The molecule has 1 nitrogen and oxygen atoms in total. The van der Waals surface area contributed by atoms with E-state index in [1.54, 1.807) is 19.1 Å². The van der Waals surface area contributed by atoms with Crippen molar-refractivity contribution in [2.75, 3.05) is 6.54 Å². The van der Waals surface area contributed by atoms with E-state index in [0.717, 1.165) is 13.0 Å². The highest BCUT2D eigenvalue weighted by molar-refractivity contribution is 6.30. The molecule has 0 saturated heterocycles. The molecule has 0 aliphatic carbocycles. The lowest BCUT2D eigenvalue weighted by atomic mass is 10.0. The van der Waals surface area contributed by atoms with Crippen LogP contribution in [0, 0.1) is 17.7 Å². The summed E-state index contributed by atoms with van der Waals surface area (Å²) in [6.07, 6.45) is 1.59. The fourth-order valence-electron chi connectivity index (χ4n) is 1.60. The number of hydrogen-bond acceptors (Lipinski definition) is 1. The maximum absolute atomic E-state index is 13.7. The van der Waals surface area contributed by atoms with Crippen molar-refractivity contribution in [1.29, 1.82) is 0 Å². The maximum atomic E-state index is 13.7. The molecule has 1 aromatic carbocycles. The van der Waals surface area contributed by atoms with E-state index in [1.165, 1.54) is 6.07 Å². The van der Waals surface area contributed by atoms with Crippen LogP contribution in [0.25, 0.3) is 0 Å². The lowest BCUT2D eigenvalue weighted by Crippen LogP contribution is -2.22. The highest BCUT2D eigenvalue weighted by atomic mass is 35.5. The first-order valence-corrected chi connectivity index (χ1v) is 6.14.